The van der Waals surface area contributed by atoms with Crippen molar-refractivity contribution in [2.75, 3.05) is 5.32 Å². The number of nitrogens with one attached hydrogen (secondary N) is 2. The summed E-state index contributed by atoms with van der Waals surface area (Å²) in [5.41, 5.74) is 2.40. The number of benzene rings is 1. The molecule has 90 valence electrons. The topological polar surface area (TPSA) is 35.9 Å². The smallest absolute Gasteiger partial charge is 0.115 e. The van der Waals surface area contributed by atoms with Gasteiger partial charge in [0.05, 0.1) is 0 Å². The fraction of sp³-hybridized carbons (Fsp3) is 0.214. The molecule has 0 radical (unpaired) electrons. The summed E-state index contributed by atoms with van der Waals surface area (Å²) < 4.78 is 0. The second-order valence-electron chi connectivity index (χ2n) is 4.04. The third-order valence-electron chi connectivity index (χ3n) is 2.45. The molecule has 0 aliphatic rings. The first-order chi connectivity index (χ1) is 8.06. The Labute approximate surface area is 108 Å². The molecule has 2 nitrogen and oxygen atoms in total. The van der Waals surface area contributed by atoms with Crippen LogP contribution < -0.4 is 5.32 Å². The second-order valence-corrected chi connectivity index (χ2v) is 4.42. The zero-order valence-electron chi connectivity index (χ0n) is 10.1. The molecule has 0 saturated heterocycles. The predicted molar refractivity (Wildman–Crippen MR) is 75.7 cm³/mol. The Morgan fingerprint density at radius 1 is 1.35 bits per heavy atom. The summed E-state index contributed by atoms with van der Waals surface area (Å²) in [6.45, 7) is 8.01. The maximum Gasteiger partial charge on any atom is 0.115 e. The number of anilines is 1. The minimum atomic E-state index is 0.262. The van der Waals surface area contributed by atoms with Crippen LogP contribution in [0.15, 0.2) is 53.2 Å². The molecule has 0 atom stereocenters. The number of halogens is 1. The van der Waals surface area contributed by atoms with Crippen LogP contribution in [0.5, 0.6) is 0 Å². The monoisotopic (exact) mass is 248 g/mol. The van der Waals surface area contributed by atoms with Crippen molar-refractivity contribution in [3.05, 3.63) is 53.2 Å². The van der Waals surface area contributed by atoms with Crippen molar-refractivity contribution >= 4 is 23.5 Å². The van der Waals surface area contributed by atoms with Crippen LogP contribution in [0.4, 0.5) is 5.69 Å². The largest absolute Gasteiger partial charge is 0.346 e. The molecule has 17 heavy (non-hydrogen) atoms. The number of rotatable bonds is 5. The Bertz CT molecular complexity index is 433. The van der Waals surface area contributed by atoms with Gasteiger partial charge in [-0.3, -0.25) is 0 Å². The van der Waals surface area contributed by atoms with E-state index in [1.165, 1.54) is 6.21 Å². The van der Waals surface area contributed by atoms with Crippen LogP contribution in [-0.2, 0) is 0 Å². The van der Waals surface area contributed by atoms with E-state index in [-0.39, 0.29) is 5.92 Å². The van der Waals surface area contributed by atoms with E-state index < -0.39 is 0 Å². The van der Waals surface area contributed by atoms with Crippen LogP contribution in [0.3, 0.4) is 0 Å². The van der Waals surface area contributed by atoms with E-state index in [0.717, 1.165) is 11.3 Å². The van der Waals surface area contributed by atoms with Crippen LogP contribution in [0.25, 0.3) is 0 Å². The molecule has 0 aromatic heterocycles. The highest BCUT2D eigenvalue weighted by Crippen LogP contribution is 2.22. The predicted octanol–water partition coefficient (Wildman–Crippen LogP) is 4.41. The summed E-state index contributed by atoms with van der Waals surface area (Å²) >= 11 is 6.18. The van der Waals surface area contributed by atoms with Crippen molar-refractivity contribution < 1.29 is 0 Å². The zero-order valence-corrected chi connectivity index (χ0v) is 10.9. The van der Waals surface area contributed by atoms with Crippen molar-refractivity contribution in [1.82, 2.24) is 0 Å². The molecule has 0 aliphatic heterocycles. The van der Waals surface area contributed by atoms with Gasteiger partial charge in [0, 0.05) is 17.5 Å². The van der Waals surface area contributed by atoms with Gasteiger partial charge in [0.1, 0.15) is 5.16 Å². The summed E-state index contributed by atoms with van der Waals surface area (Å²) in [4.78, 5) is 0. The lowest BCUT2D eigenvalue weighted by molar-refractivity contribution is 0.789. The van der Waals surface area contributed by atoms with E-state index in [4.69, 9.17) is 17.0 Å². The van der Waals surface area contributed by atoms with Gasteiger partial charge in [-0.2, -0.15) is 0 Å². The fourth-order valence-corrected chi connectivity index (χ4v) is 1.61. The Morgan fingerprint density at radius 2 is 1.94 bits per heavy atom. The maximum atomic E-state index is 7.41. The van der Waals surface area contributed by atoms with E-state index in [1.807, 2.05) is 44.2 Å². The average molecular weight is 249 g/mol. The molecule has 0 spiro atoms. The van der Waals surface area contributed by atoms with Gasteiger partial charge in [0.25, 0.3) is 0 Å². The molecule has 3 heteroatoms. The maximum absolute atomic E-state index is 7.41. The first kappa shape index (κ1) is 13.5. The molecule has 1 aromatic carbocycles. The van der Waals surface area contributed by atoms with Crippen LogP contribution in [0, 0.1) is 11.3 Å². The van der Waals surface area contributed by atoms with Crippen LogP contribution in [0.1, 0.15) is 13.8 Å². The first-order valence-electron chi connectivity index (χ1n) is 5.47. The van der Waals surface area contributed by atoms with Crippen LogP contribution in [0.2, 0.25) is 0 Å². The van der Waals surface area contributed by atoms with Gasteiger partial charge < -0.3 is 10.7 Å². The minimum absolute atomic E-state index is 0.262. The molecular weight excluding hydrogens is 232 g/mol. The number of para-hydroxylation sites is 1. The van der Waals surface area contributed by atoms with Crippen molar-refractivity contribution in [3.8, 4) is 0 Å². The summed E-state index contributed by atoms with van der Waals surface area (Å²) in [6.07, 6.45) is 1.24. The molecular formula is C14H17ClN2. The van der Waals surface area contributed by atoms with Gasteiger partial charge in [-0.25, -0.2) is 0 Å². The number of hydrogen-bond acceptors (Lipinski definition) is 2. The number of hydrogen-bond donors (Lipinski definition) is 2. The Morgan fingerprint density at radius 3 is 2.41 bits per heavy atom. The lowest BCUT2D eigenvalue weighted by atomic mass is 9.98. The van der Waals surface area contributed by atoms with E-state index >= 15 is 0 Å². The minimum Gasteiger partial charge on any atom is -0.346 e. The highest BCUT2D eigenvalue weighted by atomic mass is 35.5. The number of allylic oxidation sites excluding steroid dienone is 2. The van der Waals surface area contributed by atoms with E-state index in [0.29, 0.717) is 10.7 Å². The van der Waals surface area contributed by atoms with E-state index in [2.05, 4.69) is 11.9 Å². The molecule has 0 unspecified atom stereocenters. The van der Waals surface area contributed by atoms with Crippen molar-refractivity contribution in [1.29, 1.82) is 5.41 Å². The fourth-order valence-electron chi connectivity index (χ4n) is 1.32. The lowest BCUT2D eigenvalue weighted by Gasteiger charge is -2.13. The van der Waals surface area contributed by atoms with Gasteiger partial charge in [0.15, 0.2) is 0 Å². The standard InChI is InChI=1S/C14H17ClN2/c1-10(2)11(3)13(9-16)14(15)17-12-7-5-4-6-8-12/h4-10,16-17H,3H2,1-2H3/b14-13+,16-9?. The van der Waals surface area contributed by atoms with Crippen molar-refractivity contribution in [2.24, 2.45) is 5.92 Å². The highest BCUT2D eigenvalue weighted by Gasteiger charge is 2.09. The molecule has 1 aromatic rings. The van der Waals surface area contributed by atoms with Crippen molar-refractivity contribution in [3.63, 3.8) is 0 Å². The zero-order chi connectivity index (χ0) is 12.8. The molecule has 1 rings (SSSR count). The first-order valence-corrected chi connectivity index (χ1v) is 5.85. The normalized spacial score (nSPS) is 12.0. The SMILES string of the molecule is C=C(/C(C=N)=C(\Cl)Nc1ccccc1)C(C)C. The average Bonchev–Trinajstić information content (AvgIpc) is 2.30. The van der Waals surface area contributed by atoms with Gasteiger partial charge in [0.2, 0.25) is 0 Å². The third kappa shape index (κ3) is 3.75. The molecule has 0 heterocycles. The molecule has 2 N–H and O–H groups in total. The third-order valence-corrected chi connectivity index (χ3v) is 2.75. The Hall–Kier alpha value is -1.54. The van der Waals surface area contributed by atoms with Gasteiger partial charge >= 0.3 is 0 Å². The summed E-state index contributed by atoms with van der Waals surface area (Å²) in [6, 6.07) is 9.62. The summed E-state index contributed by atoms with van der Waals surface area (Å²) in [5.74, 6) is 0.262. The van der Waals surface area contributed by atoms with Gasteiger partial charge in [-0.05, 0) is 23.6 Å². The quantitative estimate of drug-likeness (QED) is 0.452. The highest BCUT2D eigenvalue weighted by molar-refractivity contribution is 6.33. The van der Waals surface area contributed by atoms with Crippen LogP contribution in [-0.4, -0.2) is 6.21 Å². The molecule has 0 saturated carbocycles. The molecule has 0 amide bonds. The molecule has 0 aliphatic carbocycles. The Balaban J connectivity index is 2.95. The Kier molecular flexibility index (Phi) is 4.98. The van der Waals surface area contributed by atoms with Crippen LogP contribution >= 0.6 is 11.6 Å². The summed E-state index contributed by atoms with van der Waals surface area (Å²) in [7, 11) is 0. The van der Waals surface area contributed by atoms with E-state index in [9.17, 15) is 0 Å². The molecule has 0 fully saturated rings. The van der Waals surface area contributed by atoms with E-state index in [1.54, 1.807) is 0 Å². The van der Waals surface area contributed by atoms with Gasteiger partial charge in [-0.15, -0.1) is 0 Å². The lowest BCUT2D eigenvalue weighted by Crippen LogP contribution is -2.04. The summed E-state index contributed by atoms with van der Waals surface area (Å²) in [5, 5.41) is 10.9. The molecule has 0 bridgehead atoms. The second kappa shape index (κ2) is 6.26. The van der Waals surface area contributed by atoms with Gasteiger partial charge in [-0.1, -0.05) is 50.2 Å². The van der Waals surface area contributed by atoms with Crippen molar-refractivity contribution in [2.45, 2.75) is 13.8 Å².